The molecular weight excluding hydrogens is 338 g/mol. The van der Waals surface area contributed by atoms with E-state index < -0.39 is 6.09 Å². The van der Waals surface area contributed by atoms with Gasteiger partial charge in [0.15, 0.2) is 0 Å². The van der Waals surface area contributed by atoms with Gasteiger partial charge in [-0.15, -0.1) is 6.58 Å². The molecule has 2 atom stereocenters. The predicted octanol–water partition coefficient (Wildman–Crippen LogP) is 4.77. The monoisotopic (exact) mass is 363 g/mol. The second-order valence-corrected chi connectivity index (χ2v) is 6.78. The first-order valence-corrected chi connectivity index (χ1v) is 9.38. The molecule has 1 saturated heterocycles. The first kappa shape index (κ1) is 18.9. The normalized spacial score (nSPS) is 17.6. The Kier molecular flexibility index (Phi) is 6.07. The minimum absolute atomic E-state index is 0.135. The van der Waals surface area contributed by atoms with E-state index in [1.54, 1.807) is 6.08 Å². The van der Waals surface area contributed by atoms with Gasteiger partial charge in [0.05, 0.1) is 6.04 Å². The van der Waals surface area contributed by atoms with Crippen LogP contribution in [-0.2, 0) is 9.53 Å². The molecule has 0 unspecified atom stereocenters. The van der Waals surface area contributed by atoms with E-state index >= 15 is 0 Å². The van der Waals surface area contributed by atoms with E-state index in [-0.39, 0.29) is 30.4 Å². The summed E-state index contributed by atoms with van der Waals surface area (Å²) in [6.45, 7) is 5.89. The van der Waals surface area contributed by atoms with Crippen LogP contribution in [0.25, 0.3) is 0 Å². The lowest BCUT2D eigenvalue weighted by Gasteiger charge is -2.30. The number of benzene rings is 2. The van der Waals surface area contributed by atoms with E-state index in [1.807, 2.05) is 67.6 Å². The molecule has 0 saturated carbocycles. The Hall–Kier alpha value is -2.88. The van der Waals surface area contributed by atoms with Gasteiger partial charge in [-0.1, -0.05) is 73.7 Å². The first-order valence-electron chi connectivity index (χ1n) is 9.38. The lowest BCUT2D eigenvalue weighted by molar-refractivity contribution is -0.133. The van der Waals surface area contributed by atoms with Gasteiger partial charge in [-0.2, -0.15) is 0 Å². The average Bonchev–Trinajstić information content (AvgIpc) is 3.08. The van der Waals surface area contributed by atoms with Gasteiger partial charge in [-0.05, 0) is 24.0 Å². The molecule has 3 rings (SSSR count). The zero-order valence-electron chi connectivity index (χ0n) is 15.6. The van der Waals surface area contributed by atoms with Crippen LogP contribution in [0.2, 0.25) is 0 Å². The van der Waals surface area contributed by atoms with Crippen LogP contribution in [0.1, 0.15) is 36.8 Å². The number of hydrogen-bond donors (Lipinski definition) is 0. The van der Waals surface area contributed by atoms with Crippen molar-refractivity contribution in [2.24, 2.45) is 5.92 Å². The molecule has 140 valence electrons. The number of carbonyl (C=O) groups excluding carboxylic acids is 2. The van der Waals surface area contributed by atoms with Crippen LogP contribution in [-0.4, -0.2) is 29.5 Å². The van der Waals surface area contributed by atoms with Crippen LogP contribution < -0.4 is 0 Å². The number of rotatable bonds is 7. The van der Waals surface area contributed by atoms with E-state index in [1.165, 1.54) is 4.90 Å². The van der Waals surface area contributed by atoms with E-state index in [9.17, 15) is 9.59 Å². The summed E-state index contributed by atoms with van der Waals surface area (Å²) in [5.74, 6) is -0.575. The fourth-order valence-electron chi connectivity index (χ4n) is 3.73. The van der Waals surface area contributed by atoms with Crippen molar-refractivity contribution in [1.82, 2.24) is 4.90 Å². The maximum Gasteiger partial charge on any atom is 0.417 e. The summed E-state index contributed by atoms with van der Waals surface area (Å²) in [5, 5.41) is 0. The fourth-order valence-corrected chi connectivity index (χ4v) is 3.73. The van der Waals surface area contributed by atoms with Crippen LogP contribution in [0, 0.1) is 5.92 Å². The number of imide groups is 1. The first-order chi connectivity index (χ1) is 13.2. The Morgan fingerprint density at radius 3 is 2.19 bits per heavy atom. The fraction of sp³-hybridized carbons (Fsp3) is 0.304. The zero-order chi connectivity index (χ0) is 19.2. The molecule has 0 aromatic heterocycles. The van der Waals surface area contributed by atoms with Crippen LogP contribution in [0.3, 0.4) is 0 Å². The average molecular weight is 363 g/mol. The molecule has 1 fully saturated rings. The minimum atomic E-state index is -0.552. The number of allylic oxidation sites excluding steroid dienone is 1. The molecule has 4 heteroatoms. The van der Waals surface area contributed by atoms with Gasteiger partial charge in [0.2, 0.25) is 5.91 Å². The largest absolute Gasteiger partial charge is 0.447 e. The lowest BCUT2D eigenvalue weighted by atomic mass is 9.84. The van der Waals surface area contributed by atoms with Crippen LogP contribution in [0.5, 0.6) is 0 Å². The summed E-state index contributed by atoms with van der Waals surface area (Å²) in [5.41, 5.74) is 2.11. The van der Waals surface area contributed by atoms with Crippen molar-refractivity contribution in [3.63, 3.8) is 0 Å². The second-order valence-electron chi connectivity index (χ2n) is 6.78. The van der Waals surface area contributed by atoms with Crippen LogP contribution >= 0.6 is 0 Å². The summed E-state index contributed by atoms with van der Waals surface area (Å²) in [6, 6.07) is 19.6. The van der Waals surface area contributed by atoms with Crippen molar-refractivity contribution in [1.29, 1.82) is 0 Å². The van der Waals surface area contributed by atoms with E-state index in [4.69, 9.17) is 4.74 Å². The molecular formula is C23H25NO3. The van der Waals surface area contributed by atoms with Crippen molar-refractivity contribution in [2.75, 3.05) is 6.61 Å². The molecule has 0 radical (unpaired) electrons. The number of nitrogens with zero attached hydrogens (tertiary/aromatic N) is 1. The van der Waals surface area contributed by atoms with Crippen molar-refractivity contribution in [3.05, 3.63) is 84.4 Å². The van der Waals surface area contributed by atoms with E-state index in [2.05, 4.69) is 6.58 Å². The Bertz CT molecular complexity index is 748. The number of cyclic esters (lactones) is 1. The van der Waals surface area contributed by atoms with Crippen LogP contribution in [0.4, 0.5) is 4.79 Å². The highest BCUT2D eigenvalue weighted by Gasteiger charge is 2.44. The minimum Gasteiger partial charge on any atom is -0.447 e. The number of carbonyl (C=O) groups is 2. The Labute approximate surface area is 160 Å². The topological polar surface area (TPSA) is 46.6 Å². The molecule has 0 aliphatic carbocycles. The van der Waals surface area contributed by atoms with Gasteiger partial charge in [0, 0.05) is 11.8 Å². The summed E-state index contributed by atoms with van der Waals surface area (Å²) >= 11 is 0. The Morgan fingerprint density at radius 1 is 1.15 bits per heavy atom. The molecule has 1 aliphatic rings. The SMILES string of the molecule is C=CC[C@H](CC)C(=O)N1C(=O)OC[C@H]1C(c1ccccc1)c1ccccc1. The van der Waals surface area contributed by atoms with Gasteiger partial charge >= 0.3 is 6.09 Å². The second kappa shape index (κ2) is 8.67. The molecule has 27 heavy (non-hydrogen) atoms. The third-order valence-electron chi connectivity index (χ3n) is 5.14. The molecule has 4 nitrogen and oxygen atoms in total. The van der Waals surface area contributed by atoms with Gasteiger partial charge in [0.25, 0.3) is 0 Å². The third kappa shape index (κ3) is 3.95. The van der Waals surface area contributed by atoms with E-state index in [0.29, 0.717) is 12.8 Å². The standard InChI is InChI=1S/C23H25NO3/c1-3-11-17(4-2)22(25)24-20(16-27-23(24)26)21(18-12-7-5-8-13-18)19-14-9-6-10-15-19/h3,5-10,12-15,17,20-21H,1,4,11,16H2,2H3/t17-,20-/m0/s1. The summed E-state index contributed by atoms with van der Waals surface area (Å²) in [7, 11) is 0. The highest BCUT2D eigenvalue weighted by atomic mass is 16.6. The Balaban J connectivity index is 2.01. The highest BCUT2D eigenvalue weighted by molar-refractivity contribution is 5.95. The highest BCUT2D eigenvalue weighted by Crippen LogP contribution is 2.35. The van der Waals surface area contributed by atoms with Crippen molar-refractivity contribution in [3.8, 4) is 0 Å². The quantitative estimate of drug-likeness (QED) is 0.666. The van der Waals surface area contributed by atoms with Gasteiger partial charge in [0.1, 0.15) is 6.61 Å². The maximum atomic E-state index is 13.1. The van der Waals surface area contributed by atoms with Gasteiger partial charge < -0.3 is 4.74 Å². The summed E-state index contributed by atoms with van der Waals surface area (Å²) in [6.07, 6.45) is 2.38. The van der Waals surface area contributed by atoms with Crippen molar-refractivity contribution < 1.29 is 14.3 Å². The molecule has 0 spiro atoms. The predicted molar refractivity (Wildman–Crippen MR) is 105 cm³/mol. The van der Waals surface area contributed by atoms with Crippen LogP contribution in [0.15, 0.2) is 73.3 Å². The van der Waals surface area contributed by atoms with Gasteiger partial charge in [-0.3, -0.25) is 4.79 Å². The van der Waals surface area contributed by atoms with Crippen molar-refractivity contribution >= 4 is 12.0 Å². The number of hydrogen-bond acceptors (Lipinski definition) is 3. The Morgan fingerprint density at radius 2 is 1.70 bits per heavy atom. The molecule has 2 amide bonds. The number of ether oxygens (including phenoxy) is 1. The molecule has 1 heterocycles. The van der Waals surface area contributed by atoms with E-state index in [0.717, 1.165) is 11.1 Å². The zero-order valence-corrected chi connectivity index (χ0v) is 15.6. The summed E-state index contributed by atoms with van der Waals surface area (Å²) < 4.78 is 5.34. The number of amides is 2. The van der Waals surface area contributed by atoms with Crippen molar-refractivity contribution in [2.45, 2.75) is 31.7 Å². The molecule has 1 aliphatic heterocycles. The smallest absolute Gasteiger partial charge is 0.417 e. The maximum absolute atomic E-state index is 13.1. The molecule has 0 N–H and O–H groups in total. The third-order valence-corrected chi connectivity index (χ3v) is 5.14. The molecule has 0 bridgehead atoms. The summed E-state index contributed by atoms with van der Waals surface area (Å²) in [4.78, 5) is 26.9. The molecule has 2 aromatic carbocycles. The van der Waals surface area contributed by atoms with Gasteiger partial charge in [-0.25, -0.2) is 9.69 Å². The molecule has 2 aromatic rings. The lowest BCUT2D eigenvalue weighted by Crippen LogP contribution is -2.45.